The molecule has 2 aliphatic rings. The first-order valence-electron chi connectivity index (χ1n) is 8.63. The number of hydrogen-bond donors (Lipinski definition) is 1. The van der Waals surface area contributed by atoms with Crippen LogP contribution in [0, 0.1) is 5.92 Å². The highest BCUT2D eigenvalue weighted by Crippen LogP contribution is 2.15. The van der Waals surface area contributed by atoms with E-state index in [0.29, 0.717) is 0 Å². The monoisotopic (exact) mass is 424 g/mol. The van der Waals surface area contributed by atoms with E-state index < -0.39 is 0 Å². The lowest BCUT2D eigenvalue weighted by Gasteiger charge is -2.33. The van der Waals surface area contributed by atoms with Crippen molar-refractivity contribution in [1.82, 2.24) is 15.1 Å². The fourth-order valence-electron chi connectivity index (χ4n) is 3.11. The van der Waals surface area contributed by atoms with Crippen LogP contribution in [0.4, 0.5) is 0 Å². The van der Waals surface area contributed by atoms with Gasteiger partial charge in [-0.3, -0.25) is 9.89 Å². The molecular formula is C16H33IN4O. The largest absolute Gasteiger partial charge is 0.379 e. The smallest absolute Gasteiger partial charge is 0.193 e. The molecule has 1 N–H and O–H groups in total. The number of aliphatic imine (C=N–C) groups is 1. The van der Waals surface area contributed by atoms with Gasteiger partial charge in [-0.05, 0) is 32.1 Å². The van der Waals surface area contributed by atoms with Gasteiger partial charge in [-0.15, -0.1) is 24.0 Å². The van der Waals surface area contributed by atoms with Gasteiger partial charge in [-0.25, -0.2) is 0 Å². The van der Waals surface area contributed by atoms with Crippen molar-refractivity contribution in [2.24, 2.45) is 10.9 Å². The molecule has 0 aliphatic carbocycles. The van der Waals surface area contributed by atoms with Crippen molar-refractivity contribution in [3.63, 3.8) is 0 Å². The summed E-state index contributed by atoms with van der Waals surface area (Å²) in [5.41, 5.74) is 0. The number of likely N-dealkylation sites (tertiary alicyclic amines) is 1. The zero-order chi connectivity index (χ0) is 14.9. The molecule has 0 aromatic heterocycles. The van der Waals surface area contributed by atoms with E-state index in [-0.39, 0.29) is 24.0 Å². The summed E-state index contributed by atoms with van der Waals surface area (Å²) in [4.78, 5) is 9.75. The number of nitrogens with one attached hydrogen (secondary N) is 1. The van der Waals surface area contributed by atoms with Crippen molar-refractivity contribution in [3.05, 3.63) is 0 Å². The zero-order valence-electron chi connectivity index (χ0n) is 14.2. The Bertz CT molecular complexity index is 321. The Morgan fingerprint density at radius 3 is 2.73 bits per heavy atom. The van der Waals surface area contributed by atoms with Gasteiger partial charge in [-0.2, -0.15) is 0 Å². The molecule has 1 unspecified atom stereocenters. The van der Waals surface area contributed by atoms with Crippen LogP contribution in [0.2, 0.25) is 0 Å². The van der Waals surface area contributed by atoms with E-state index >= 15 is 0 Å². The van der Waals surface area contributed by atoms with Crippen molar-refractivity contribution in [3.8, 4) is 0 Å². The predicted octanol–water partition coefficient (Wildman–Crippen LogP) is 2.02. The van der Waals surface area contributed by atoms with Gasteiger partial charge in [0, 0.05) is 45.8 Å². The van der Waals surface area contributed by atoms with Gasteiger partial charge < -0.3 is 15.0 Å². The Labute approximate surface area is 152 Å². The average molecular weight is 424 g/mol. The first-order chi connectivity index (χ1) is 10.3. The molecule has 0 amide bonds. The van der Waals surface area contributed by atoms with Crippen molar-refractivity contribution in [2.75, 3.05) is 59.0 Å². The summed E-state index contributed by atoms with van der Waals surface area (Å²) in [5, 5.41) is 3.45. The van der Waals surface area contributed by atoms with Gasteiger partial charge in [-0.1, -0.05) is 6.92 Å². The fourth-order valence-corrected chi connectivity index (χ4v) is 3.11. The van der Waals surface area contributed by atoms with E-state index in [1.807, 2.05) is 0 Å². The maximum absolute atomic E-state index is 5.38. The Kier molecular flexibility index (Phi) is 10.4. The van der Waals surface area contributed by atoms with Gasteiger partial charge in [0.2, 0.25) is 0 Å². The molecule has 0 bridgehead atoms. The molecule has 2 rings (SSSR count). The molecule has 1 atom stereocenters. The SMILES string of the molecule is CCNC(=NCCCN1CCOCC1)N1CCCC(C)C1.I. The van der Waals surface area contributed by atoms with Crippen LogP contribution in [0.1, 0.15) is 33.1 Å². The summed E-state index contributed by atoms with van der Waals surface area (Å²) in [6, 6.07) is 0. The minimum absolute atomic E-state index is 0. The molecule has 6 heteroatoms. The molecule has 22 heavy (non-hydrogen) atoms. The number of ether oxygens (including phenoxy) is 1. The van der Waals surface area contributed by atoms with Crippen molar-refractivity contribution >= 4 is 29.9 Å². The topological polar surface area (TPSA) is 40.1 Å². The number of halogens is 1. The van der Waals surface area contributed by atoms with Crippen LogP contribution in [-0.4, -0.2) is 74.8 Å². The van der Waals surface area contributed by atoms with Gasteiger partial charge in [0.25, 0.3) is 0 Å². The Morgan fingerprint density at radius 2 is 2.05 bits per heavy atom. The highest BCUT2D eigenvalue weighted by atomic mass is 127. The number of nitrogens with zero attached hydrogens (tertiary/aromatic N) is 3. The molecule has 0 saturated carbocycles. The van der Waals surface area contributed by atoms with Crippen LogP contribution in [0.5, 0.6) is 0 Å². The minimum atomic E-state index is 0. The Balaban J connectivity index is 0.00000242. The van der Waals surface area contributed by atoms with E-state index in [1.54, 1.807) is 0 Å². The van der Waals surface area contributed by atoms with E-state index in [4.69, 9.17) is 9.73 Å². The lowest BCUT2D eigenvalue weighted by Crippen LogP contribution is -2.46. The van der Waals surface area contributed by atoms with Crippen molar-refractivity contribution in [2.45, 2.75) is 33.1 Å². The second-order valence-electron chi connectivity index (χ2n) is 6.24. The highest BCUT2D eigenvalue weighted by Gasteiger charge is 2.19. The van der Waals surface area contributed by atoms with Gasteiger partial charge in [0.15, 0.2) is 5.96 Å². The van der Waals surface area contributed by atoms with Crippen LogP contribution >= 0.6 is 24.0 Å². The lowest BCUT2D eigenvalue weighted by molar-refractivity contribution is 0.0377. The molecule has 0 spiro atoms. The van der Waals surface area contributed by atoms with E-state index in [9.17, 15) is 0 Å². The average Bonchev–Trinajstić information content (AvgIpc) is 2.51. The third-order valence-corrected chi connectivity index (χ3v) is 4.29. The second-order valence-corrected chi connectivity index (χ2v) is 6.24. The number of guanidine groups is 1. The van der Waals surface area contributed by atoms with Crippen LogP contribution in [-0.2, 0) is 4.74 Å². The lowest BCUT2D eigenvalue weighted by atomic mass is 10.0. The number of hydrogen-bond acceptors (Lipinski definition) is 3. The molecule has 130 valence electrons. The number of morpholine rings is 1. The van der Waals surface area contributed by atoms with Crippen LogP contribution in [0.25, 0.3) is 0 Å². The summed E-state index contributed by atoms with van der Waals surface area (Å²) in [7, 11) is 0. The summed E-state index contributed by atoms with van der Waals surface area (Å²) >= 11 is 0. The van der Waals surface area contributed by atoms with E-state index in [2.05, 4.69) is 29.0 Å². The third kappa shape index (κ3) is 7.00. The summed E-state index contributed by atoms with van der Waals surface area (Å²) < 4.78 is 5.38. The summed E-state index contributed by atoms with van der Waals surface area (Å²) in [6.45, 7) is 13.7. The molecule has 5 nitrogen and oxygen atoms in total. The van der Waals surface area contributed by atoms with E-state index in [1.165, 1.54) is 12.8 Å². The molecule has 2 heterocycles. The molecule has 0 aromatic rings. The number of rotatable bonds is 5. The van der Waals surface area contributed by atoms with Crippen molar-refractivity contribution < 1.29 is 4.74 Å². The quantitative estimate of drug-likeness (QED) is 0.317. The predicted molar refractivity (Wildman–Crippen MR) is 103 cm³/mol. The zero-order valence-corrected chi connectivity index (χ0v) is 16.6. The molecule has 0 radical (unpaired) electrons. The first-order valence-corrected chi connectivity index (χ1v) is 8.63. The molecule has 0 aromatic carbocycles. The van der Waals surface area contributed by atoms with Gasteiger partial charge >= 0.3 is 0 Å². The normalized spacial score (nSPS) is 24.0. The maximum Gasteiger partial charge on any atom is 0.193 e. The molecule has 2 aliphatic heterocycles. The van der Waals surface area contributed by atoms with Gasteiger partial charge in [0.1, 0.15) is 0 Å². The van der Waals surface area contributed by atoms with Gasteiger partial charge in [0.05, 0.1) is 13.2 Å². The number of piperidine rings is 1. The van der Waals surface area contributed by atoms with E-state index in [0.717, 1.165) is 77.3 Å². The molecular weight excluding hydrogens is 391 g/mol. The third-order valence-electron chi connectivity index (χ3n) is 4.29. The summed E-state index contributed by atoms with van der Waals surface area (Å²) in [6.07, 6.45) is 3.78. The van der Waals surface area contributed by atoms with Crippen molar-refractivity contribution in [1.29, 1.82) is 0 Å². The van der Waals surface area contributed by atoms with Crippen LogP contribution in [0.15, 0.2) is 4.99 Å². The maximum atomic E-state index is 5.38. The first kappa shape index (κ1) is 20.0. The second kappa shape index (κ2) is 11.5. The fraction of sp³-hybridized carbons (Fsp3) is 0.938. The Hall–Kier alpha value is -0.0800. The molecule has 2 saturated heterocycles. The van der Waals surface area contributed by atoms with Crippen LogP contribution < -0.4 is 5.32 Å². The molecule has 2 fully saturated rings. The standard InChI is InChI=1S/C16H32N4O.HI/c1-3-17-16(20-9-4-6-15(2)14-20)18-7-5-8-19-10-12-21-13-11-19;/h15H,3-14H2,1-2H3,(H,17,18);1H. The Morgan fingerprint density at radius 1 is 1.27 bits per heavy atom. The summed E-state index contributed by atoms with van der Waals surface area (Å²) in [5.74, 6) is 1.90. The minimum Gasteiger partial charge on any atom is -0.379 e. The highest BCUT2D eigenvalue weighted by molar-refractivity contribution is 14.0. The van der Waals surface area contributed by atoms with Crippen LogP contribution in [0.3, 0.4) is 0 Å².